The van der Waals surface area contributed by atoms with Gasteiger partial charge in [-0.15, -0.1) is 0 Å². The predicted molar refractivity (Wildman–Crippen MR) is 76.0 cm³/mol. The molecule has 0 bridgehead atoms. The molecule has 1 aromatic carbocycles. The molecule has 0 fully saturated rings. The van der Waals surface area contributed by atoms with Gasteiger partial charge in [0.05, 0.1) is 0 Å². The lowest BCUT2D eigenvalue weighted by molar-refractivity contribution is 0.0793. The van der Waals surface area contributed by atoms with Crippen molar-refractivity contribution in [1.82, 2.24) is 10.2 Å². The monoisotopic (exact) mass is 248 g/mol. The zero-order valence-corrected chi connectivity index (χ0v) is 11.9. The van der Waals surface area contributed by atoms with E-state index in [1.165, 1.54) is 5.56 Å². The molecular weight excluding hydrogens is 224 g/mol. The molecule has 3 heteroatoms. The molecular formula is C15H24N2O. The molecule has 1 amide bonds. The van der Waals surface area contributed by atoms with Crippen LogP contribution in [0.15, 0.2) is 24.3 Å². The van der Waals surface area contributed by atoms with Crippen LogP contribution in [0.2, 0.25) is 0 Å². The van der Waals surface area contributed by atoms with Gasteiger partial charge in [0, 0.05) is 19.2 Å². The molecule has 0 unspecified atom stereocenters. The molecule has 100 valence electrons. The SMILES string of the molecule is CNCCCN(C)C(=O)c1ccc(C(C)C)cc1. The average Bonchev–Trinajstić information content (AvgIpc) is 2.38. The van der Waals surface area contributed by atoms with Gasteiger partial charge in [0.25, 0.3) is 5.91 Å². The van der Waals surface area contributed by atoms with E-state index in [-0.39, 0.29) is 5.91 Å². The predicted octanol–water partition coefficient (Wildman–Crippen LogP) is 2.49. The third-order valence-electron chi connectivity index (χ3n) is 3.09. The molecule has 18 heavy (non-hydrogen) atoms. The number of rotatable bonds is 6. The second kappa shape index (κ2) is 7.17. The largest absolute Gasteiger partial charge is 0.342 e. The van der Waals surface area contributed by atoms with Gasteiger partial charge in [-0.3, -0.25) is 4.79 Å². The van der Waals surface area contributed by atoms with Crippen molar-refractivity contribution < 1.29 is 4.79 Å². The highest BCUT2D eigenvalue weighted by Gasteiger charge is 2.11. The fourth-order valence-electron chi connectivity index (χ4n) is 1.83. The number of nitrogens with zero attached hydrogens (tertiary/aromatic N) is 1. The molecule has 0 atom stereocenters. The Bertz CT molecular complexity index is 371. The van der Waals surface area contributed by atoms with Crippen LogP contribution in [0.5, 0.6) is 0 Å². The lowest BCUT2D eigenvalue weighted by atomic mass is 10.0. The third-order valence-corrected chi connectivity index (χ3v) is 3.09. The molecule has 1 N–H and O–H groups in total. The lowest BCUT2D eigenvalue weighted by Crippen LogP contribution is -2.29. The van der Waals surface area contributed by atoms with Crippen LogP contribution in [-0.2, 0) is 0 Å². The Morgan fingerprint density at radius 1 is 1.28 bits per heavy atom. The van der Waals surface area contributed by atoms with E-state index >= 15 is 0 Å². The van der Waals surface area contributed by atoms with E-state index in [0.29, 0.717) is 5.92 Å². The third kappa shape index (κ3) is 4.15. The number of carbonyl (C=O) groups is 1. The molecule has 0 radical (unpaired) electrons. The first-order valence-corrected chi connectivity index (χ1v) is 6.56. The molecule has 0 heterocycles. The van der Waals surface area contributed by atoms with Crippen molar-refractivity contribution >= 4 is 5.91 Å². The minimum Gasteiger partial charge on any atom is -0.342 e. The van der Waals surface area contributed by atoms with Gasteiger partial charge in [-0.1, -0.05) is 26.0 Å². The maximum atomic E-state index is 12.1. The van der Waals surface area contributed by atoms with Crippen molar-refractivity contribution in [1.29, 1.82) is 0 Å². The minimum atomic E-state index is 0.0985. The summed E-state index contributed by atoms with van der Waals surface area (Å²) >= 11 is 0. The van der Waals surface area contributed by atoms with Crippen molar-refractivity contribution in [3.63, 3.8) is 0 Å². The number of hydrogen-bond acceptors (Lipinski definition) is 2. The van der Waals surface area contributed by atoms with Gasteiger partial charge in [-0.05, 0) is 43.6 Å². The molecule has 3 nitrogen and oxygen atoms in total. The highest BCUT2D eigenvalue weighted by molar-refractivity contribution is 5.94. The Balaban J connectivity index is 2.60. The maximum Gasteiger partial charge on any atom is 0.253 e. The normalized spacial score (nSPS) is 10.7. The van der Waals surface area contributed by atoms with Crippen LogP contribution in [0.4, 0.5) is 0 Å². The Hall–Kier alpha value is -1.35. The fourth-order valence-corrected chi connectivity index (χ4v) is 1.83. The average molecular weight is 248 g/mol. The van der Waals surface area contributed by atoms with Gasteiger partial charge >= 0.3 is 0 Å². The Morgan fingerprint density at radius 2 is 1.89 bits per heavy atom. The van der Waals surface area contributed by atoms with Crippen LogP contribution in [0.1, 0.15) is 42.1 Å². The molecule has 0 spiro atoms. The van der Waals surface area contributed by atoms with Crippen molar-refractivity contribution in [2.45, 2.75) is 26.2 Å². The van der Waals surface area contributed by atoms with E-state index in [9.17, 15) is 4.79 Å². The summed E-state index contributed by atoms with van der Waals surface area (Å²) in [7, 11) is 3.78. The number of carbonyl (C=O) groups excluding carboxylic acids is 1. The van der Waals surface area contributed by atoms with Crippen LogP contribution >= 0.6 is 0 Å². The maximum absolute atomic E-state index is 12.1. The number of amides is 1. The van der Waals surface area contributed by atoms with Gasteiger partial charge in [0.15, 0.2) is 0 Å². The highest BCUT2D eigenvalue weighted by atomic mass is 16.2. The molecule has 1 rings (SSSR count). The van der Waals surface area contributed by atoms with E-state index in [2.05, 4.69) is 19.2 Å². The van der Waals surface area contributed by atoms with E-state index in [4.69, 9.17) is 0 Å². The van der Waals surface area contributed by atoms with Gasteiger partial charge in [0.2, 0.25) is 0 Å². The Labute approximate surface area is 110 Å². The summed E-state index contributed by atoms with van der Waals surface area (Å²) in [5.41, 5.74) is 2.04. The van der Waals surface area contributed by atoms with Crippen molar-refractivity contribution in [3.8, 4) is 0 Å². The molecule has 0 saturated heterocycles. The van der Waals surface area contributed by atoms with Gasteiger partial charge < -0.3 is 10.2 Å². The van der Waals surface area contributed by atoms with Crippen LogP contribution in [0, 0.1) is 0 Å². The summed E-state index contributed by atoms with van der Waals surface area (Å²) in [5.74, 6) is 0.601. The fraction of sp³-hybridized carbons (Fsp3) is 0.533. The summed E-state index contributed by atoms with van der Waals surface area (Å²) < 4.78 is 0. The molecule has 1 aromatic rings. The molecule has 0 aliphatic rings. The second-order valence-corrected chi connectivity index (χ2v) is 4.96. The Kier molecular flexibility index (Phi) is 5.86. The smallest absolute Gasteiger partial charge is 0.253 e. The van der Waals surface area contributed by atoms with Gasteiger partial charge in [-0.25, -0.2) is 0 Å². The highest BCUT2D eigenvalue weighted by Crippen LogP contribution is 2.15. The summed E-state index contributed by atoms with van der Waals surface area (Å²) in [6.45, 7) is 6.02. The van der Waals surface area contributed by atoms with Crippen LogP contribution in [0.25, 0.3) is 0 Å². The van der Waals surface area contributed by atoms with Crippen molar-refractivity contribution in [3.05, 3.63) is 35.4 Å². The Morgan fingerprint density at radius 3 is 2.39 bits per heavy atom. The zero-order chi connectivity index (χ0) is 13.5. The topological polar surface area (TPSA) is 32.3 Å². The van der Waals surface area contributed by atoms with Crippen LogP contribution < -0.4 is 5.32 Å². The van der Waals surface area contributed by atoms with E-state index in [0.717, 1.165) is 25.1 Å². The summed E-state index contributed by atoms with van der Waals surface area (Å²) in [6.07, 6.45) is 0.975. The van der Waals surface area contributed by atoms with Crippen molar-refractivity contribution in [2.24, 2.45) is 0 Å². The second-order valence-electron chi connectivity index (χ2n) is 4.96. The van der Waals surface area contributed by atoms with Crippen LogP contribution in [-0.4, -0.2) is 38.0 Å². The zero-order valence-electron chi connectivity index (χ0n) is 11.9. The first-order chi connectivity index (χ1) is 8.56. The van der Waals surface area contributed by atoms with Gasteiger partial charge in [0.1, 0.15) is 0 Å². The van der Waals surface area contributed by atoms with E-state index < -0.39 is 0 Å². The quantitative estimate of drug-likeness (QED) is 0.784. The molecule has 0 aliphatic heterocycles. The first kappa shape index (κ1) is 14.7. The molecule has 0 aromatic heterocycles. The molecule has 0 aliphatic carbocycles. The number of hydrogen-bond donors (Lipinski definition) is 1. The summed E-state index contributed by atoms with van der Waals surface area (Å²) in [5, 5.41) is 3.08. The number of nitrogens with one attached hydrogen (secondary N) is 1. The van der Waals surface area contributed by atoms with Crippen molar-refractivity contribution in [2.75, 3.05) is 27.2 Å². The van der Waals surface area contributed by atoms with Crippen LogP contribution in [0.3, 0.4) is 0 Å². The number of benzene rings is 1. The standard InChI is InChI=1S/C15H24N2O/c1-12(2)13-6-8-14(9-7-13)15(18)17(4)11-5-10-16-3/h6-9,12,16H,5,10-11H2,1-4H3. The van der Waals surface area contributed by atoms with Gasteiger partial charge in [-0.2, -0.15) is 0 Å². The lowest BCUT2D eigenvalue weighted by Gasteiger charge is -2.17. The summed E-state index contributed by atoms with van der Waals surface area (Å²) in [6, 6.07) is 7.93. The molecule has 0 saturated carbocycles. The van der Waals surface area contributed by atoms with E-state index in [1.54, 1.807) is 4.90 Å². The minimum absolute atomic E-state index is 0.0985. The summed E-state index contributed by atoms with van der Waals surface area (Å²) in [4.78, 5) is 13.9. The van der Waals surface area contributed by atoms with E-state index in [1.807, 2.05) is 38.4 Å². The first-order valence-electron chi connectivity index (χ1n) is 6.56.